The number of halogens is 3. The van der Waals surface area contributed by atoms with Crippen molar-refractivity contribution in [3.63, 3.8) is 0 Å². The summed E-state index contributed by atoms with van der Waals surface area (Å²) < 4.78 is 38.5. The summed E-state index contributed by atoms with van der Waals surface area (Å²) in [5, 5.41) is 2.97. The Morgan fingerprint density at radius 3 is 2.44 bits per heavy atom. The molecule has 0 amide bonds. The lowest BCUT2D eigenvalue weighted by molar-refractivity contribution is -0.189. The van der Waals surface area contributed by atoms with Gasteiger partial charge in [-0.1, -0.05) is 30.3 Å². The Bertz CT molecular complexity index is 334. The predicted octanol–water partition coefficient (Wildman–Crippen LogP) is 3.29. The van der Waals surface area contributed by atoms with E-state index in [1.165, 1.54) is 0 Å². The number of rotatable bonds is 1. The maximum absolute atomic E-state index is 12.8. The van der Waals surface area contributed by atoms with Gasteiger partial charge in [0.15, 0.2) is 0 Å². The molecule has 2 rings (SSSR count). The first-order valence-corrected chi connectivity index (χ1v) is 5.44. The molecular formula is C12H14F3N. The zero-order chi connectivity index (χ0) is 11.6. The smallest absolute Gasteiger partial charge is 0.309 e. The average molecular weight is 229 g/mol. The third kappa shape index (κ3) is 2.38. The fraction of sp³-hybridized carbons (Fsp3) is 0.500. The van der Waals surface area contributed by atoms with E-state index in [1.807, 2.05) is 6.07 Å². The highest BCUT2D eigenvalue weighted by atomic mass is 19.4. The van der Waals surface area contributed by atoms with Crippen LogP contribution in [0.4, 0.5) is 13.2 Å². The summed E-state index contributed by atoms with van der Waals surface area (Å²) in [7, 11) is 0. The molecule has 1 N–H and O–H groups in total. The van der Waals surface area contributed by atoms with Crippen molar-refractivity contribution in [1.29, 1.82) is 0 Å². The Morgan fingerprint density at radius 2 is 1.81 bits per heavy atom. The second-order valence-corrected chi connectivity index (χ2v) is 4.13. The summed E-state index contributed by atoms with van der Waals surface area (Å²) in [6.45, 7) is 0.659. The van der Waals surface area contributed by atoms with Gasteiger partial charge in [-0.25, -0.2) is 0 Å². The van der Waals surface area contributed by atoms with Gasteiger partial charge in [0.05, 0.1) is 5.92 Å². The third-order valence-electron chi connectivity index (χ3n) is 3.04. The molecule has 1 aromatic rings. The fourth-order valence-corrected chi connectivity index (χ4v) is 2.25. The van der Waals surface area contributed by atoms with Crippen LogP contribution in [0.3, 0.4) is 0 Å². The lowest BCUT2D eigenvalue weighted by Crippen LogP contribution is -2.41. The number of nitrogens with one attached hydrogen (secondary N) is 1. The topological polar surface area (TPSA) is 12.0 Å². The molecule has 0 unspecified atom stereocenters. The second-order valence-electron chi connectivity index (χ2n) is 4.13. The number of hydrogen-bond donors (Lipinski definition) is 1. The Labute approximate surface area is 92.7 Å². The zero-order valence-electron chi connectivity index (χ0n) is 8.80. The van der Waals surface area contributed by atoms with Gasteiger partial charge in [0.1, 0.15) is 0 Å². The normalized spacial score (nSPS) is 26.7. The molecular weight excluding hydrogens is 215 g/mol. The molecule has 1 aliphatic rings. The Balaban J connectivity index is 2.24. The van der Waals surface area contributed by atoms with Crippen molar-refractivity contribution in [1.82, 2.24) is 5.32 Å². The molecule has 16 heavy (non-hydrogen) atoms. The third-order valence-corrected chi connectivity index (χ3v) is 3.04. The molecule has 88 valence electrons. The standard InChI is InChI=1S/C12H14F3N/c13-12(14,15)10-7-4-8-16-11(10)9-5-2-1-3-6-9/h1-3,5-6,10-11,16H,4,7-8H2/t10-,11-/m0/s1. The van der Waals surface area contributed by atoms with E-state index >= 15 is 0 Å². The molecule has 1 heterocycles. The molecule has 1 fully saturated rings. The van der Waals surface area contributed by atoms with E-state index in [4.69, 9.17) is 0 Å². The molecule has 0 spiro atoms. The number of alkyl halides is 3. The summed E-state index contributed by atoms with van der Waals surface area (Å²) in [6, 6.07) is 8.28. The van der Waals surface area contributed by atoms with Crippen LogP contribution in [-0.2, 0) is 0 Å². The van der Waals surface area contributed by atoms with E-state index < -0.39 is 18.1 Å². The number of piperidine rings is 1. The van der Waals surface area contributed by atoms with Crippen LogP contribution in [0.2, 0.25) is 0 Å². The fourth-order valence-electron chi connectivity index (χ4n) is 2.25. The van der Waals surface area contributed by atoms with Crippen molar-refractivity contribution in [3.05, 3.63) is 35.9 Å². The second kappa shape index (κ2) is 4.45. The zero-order valence-corrected chi connectivity index (χ0v) is 8.80. The van der Waals surface area contributed by atoms with Crippen LogP contribution < -0.4 is 5.32 Å². The molecule has 0 radical (unpaired) electrons. The maximum atomic E-state index is 12.8. The molecule has 1 aliphatic heterocycles. The predicted molar refractivity (Wildman–Crippen MR) is 56.0 cm³/mol. The van der Waals surface area contributed by atoms with E-state index in [0.29, 0.717) is 13.0 Å². The van der Waals surface area contributed by atoms with Gasteiger partial charge >= 0.3 is 6.18 Å². The minimum Gasteiger partial charge on any atom is -0.309 e. The largest absolute Gasteiger partial charge is 0.393 e. The van der Waals surface area contributed by atoms with E-state index in [1.54, 1.807) is 24.3 Å². The van der Waals surface area contributed by atoms with Gasteiger partial charge in [0, 0.05) is 6.04 Å². The lowest BCUT2D eigenvalue weighted by Gasteiger charge is -2.34. The van der Waals surface area contributed by atoms with Gasteiger partial charge in [0.2, 0.25) is 0 Å². The van der Waals surface area contributed by atoms with Crippen LogP contribution >= 0.6 is 0 Å². The van der Waals surface area contributed by atoms with E-state index in [2.05, 4.69) is 5.32 Å². The van der Waals surface area contributed by atoms with Crippen LogP contribution in [0.5, 0.6) is 0 Å². The average Bonchev–Trinajstić information content (AvgIpc) is 2.29. The van der Waals surface area contributed by atoms with Crippen LogP contribution in [0.25, 0.3) is 0 Å². The quantitative estimate of drug-likeness (QED) is 0.779. The summed E-state index contributed by atoms with van der Waals surface area (Å²) in [4.78, 5) is 0. The van der Waals surface area contributed by atoms with Crippen molar-refractivity contribution in [2.45, 2.75) is 25.1 Å². The van der Waals surface area contributed by atoms with Gasteiger partial charge < -0.3 is 5.32 Å². The van der Waals surface area contributed by atoms with Crippen molar-refractivity contribution in [2.75, 3.05) is 6.54 Å². The van der Waals surface area contributed by atoms with Gasteiger partial charge in [0.25, 0.3) is 0 Å². The highest BCUT2D eigenvalue weighted by Gasteiger charge is 2.45. The minimum absolute atomic E-state index is 0.218. The summed E-state index contributed by atoms with van der Waals surface area (Å²) in [5.74, 6) is -1.26. The van der Waals surface area contributed by atoms with Crippen molar-refractivity contribution in [3.8, 4) is 0 Å². The van der Waals surface area contributed by atoms with Crippen LogP contribution in [-0.4, -0.2) is 12.7 Å². The summed E-state index contributed by atoms with van der Waals surface area (Å²) in [6.07, 6.45) is -3.31. The summed E-state index contributed by atoms with van der Waals surface area (Å²) in [5.41, 5.74) is 0.726. The minimum atomic E-state index is -4.12. The first-order chi connectivity index (χ1) is 7.59. The first kappa shape index (κ1) is 11.5. The molecule has 1 nitrogen and oxygen atoms in total. The molecule has 0 bridgehead atoms. The van der Waals surface area contributed by atoms with Crippen molar-refractivity contribution in [2.24, 2.45) is 5.92 Å². The van der Waals surface area contributed by atoms with E-state index in [-0.39, 0.29) is 6.42 Å². The monoisotopic (exact) mass is 229 g/mol. The number of hydrogen-bond acceptors (Lipinski definition) is 1. The Hall–Kier alpha value is -1.03. The SMILES string of the molecule is FC(F)(F)[C@H]1CCCN[C@H]1c1ccccc1. The van der Waals surface area contributed by atoms with Crippen molar-refractivity contribution >= 4 is 0 Å². The summed E-state index contributed by atoms with van der Waals surface area (Å²) >= 11 is 0. The van der Waals surface area contributed by atoms with Gasteiger partial charge in [-0.3, -0.25) is 0 Å². The molecule has 4 heteroatoms. The van der Waals surface area contributed by atoms with E-state index in [0.717, 1.165) is 5.56 Å². The van der Waals surface area contributed by atoms with E-state index in [9.17, 15) is 13.2 Å². The number of benzene rings is 1. The highest BCUT2D eigenvalue weighted by Crippen LogP contribution is 2.40. The molecule has 0 saturated carbocycles. The highest BCUT2D eigenvalue weighted by molar-refractivity contribution is 5.20. The lowest BCUT2D eigenvalue weighted by atomic mass is 9.86. The maximum Gasteiger partial charge on any atom is 0.393 e. The molecule has 0 aliphatic carbocycles. The van der Waals surface area contributed by atoms with Gasteiger partial charge in [-0.2, -0.15) is 13.2 Å². The molecule has 2 atom stereocenters. The van der Waals surface area contributed by atoms with Crippen molar-refractivity contribution < 1.29 is 13.2 Å². The Kier molecular flexibility index (Phi) is 3.19. The van der Waals surface area contributed by atoms with Gasteiger partial charge in [-0.05, 0) is 24.9 Å². The van der Waals surface area contributed by atoms with Gasteiger partial charge in [-0.15, -0.1) is 0 Å². The van der Waals surface area contributed by atoms with Crippen LogP contribution in [0.1, 0.15) is 24.4 Å². The van der Waals surface area contributed by atoms with Crippen LogP contribution in [0, 0.1) is 5.92 Å². The molecule has 1 saturated heterocycles. The first-order valence-electron chi connectivity index (χ1n) is 5.44. The molecule has 1 aromatic carbocycles. The molecule has 0 aromatic heterocycles. The Morgan fingerprint density at radius 1 is 1.12 bits per heavy atom. The van der Waals surface area contributed by atoms with Crippen LogP contribution in [0.15, 0.2) is 30.3 Å².